The normalized spacial score (nSPS) is 25.9. The molecule has 1 fully saturated rings. The molecule has 1 rings (SSSR count). The van der Waals surface area contributed by atoms with E-state index in [1.54, 1.807) is 11.8 Å². The molecule has 0 bridgehead atoms. The Hall–Kier alpha value is -0.710. The van der Waals surface area contributed by atoms with E-state index in [-0.39, 0.29) is 18.0 Å². The molecule has 4 nitrogen and oxygen atoms in total. The largest absolute Gasteiger partial charge is 0.360 e. The Morgan fingerprint density at radius 3 is 2.67 bits per heavy atom. The van der Waals surface area contributed by atoms with Crippen LogP contribution < -0.4 is 5.32 Å². The van der Waals surface area contributed by atoms with E-state index in [1.807, 2.05) is 18.7 Å². The molecule has 1 atom stereocenters. The van der Waals surface area contributed by atoms with Crippen molar-refractivity contribution >= 4 is 22.8 Å². The summed E-state index contributed by atoms with van der Waals surface area (Å²) in [4.78, 5) is 18.1. The van der Waals surface area contributed by atoms with Gasteiger partial charge in [0.05, 0.1) is 0 Å². The molecule has 0 aromatic rings. The monoisotopic (exact) mass is 271 g/mol. The van der Waals surface area contributed by atoms with Gasteiger partial charge in [0.15, 0.2) is 5.17 Å². The molecule has 0 aromatic carbocycles. The summed E-state index contributed by atoms with van der Waals surface area (Å²) in [5.41, 5.74) is 0.141. The molecule has 104 valence electrons. The molecule has 0 saturated carbocycles. The van der Waals surface area contributed by atoms with E-state index in [1.165, 1.54) is 0 Å². The van der Waals surface area contributed by atoms with Crippen LogP contribution in [-0.4, -0.2) is 46.9 Å². The van der Waals surface area contributed by atoms with Gasteiger partial charge >= 0.3 is 0 Å². The molecular formula is C13H25N3OS. The van der Waals surface area contributed by atoms with Crippen LogP contribution >= 0.6 is 11.8 Å². The lowest BCUT2D eigenvalue weighted by Gasteiger charge is -2.35. The van der Waals surface area contributed by atoms with Crippen LogP contribution in [0.3, 0.4) is 0 Å². The zero-order valence-corrected chi connectivity index (χ0v) is 12.8. The van der Waals surface area contributed by atoms with Crippen LogP contribution in [0, 0.1) is 0 Å². The number of nitrogens with one attached hydrogen (secondary N) is 1. The standard InChI is InChI=1S/C13H25N3OS/c1-5-13(4)8-9-18-12(15-13)14-10-11(17)16(6-2)7-3/h5-10H2,1-4H3,(H,14,15). The summed E-state index contributed by atoms with van der Waals surface area (Å²) in [6.07, 6.45) is 2.23. The van der Waals surface area contributed by atoms with E-state index in [9.17, 15) is 4.79 Å². The molecule has 18 heavy (non-hydrogen) atoms. The molecule has 0 aromatic heterocycles. The fourth-order valence-electron chi connectivity index (χ4n) is 1.90. The van der Waals surface area contributed by atoms with E-state index < -0.39 is 0 Å². The summed E-state index contributed by atoms with van der Waals surface area (Å²) in [6.45, 7) is 10.2. The minimum Gasteiger partial charge on any atom is -0.360 e. The number of hydrogen-bond donors (Lipinski definition) is 1. The van der Waals surface area contributed by atoms with E-state index in [0.29, 0.717) is 0 Å². The highest BCUT2D eigenvalue weighted by molar-refractivity contribution is 8.13. The number of carbonyl (C=O) groups excluding carboxylic acids is 1. The van der Waals surface area contributed by atoms with Gasteiger partial charge in [0.1, 0.15) is 6.54 Å². The fourth-order valence-corrected chi connectivity index (χ4v) is 3.12. The second-order valence-corrected chi connectivity index (χ2v) is 5.91. The highest BCUT2D eigenvalue weighted by Gasteiger charge is 2.27. The van der Waals surface area contributed by atoms with Gasteiger partial charge in [0.25, 0.3) is 0 Å². The summed E-state index contributed by atoms with van der Waals surface area (Å²) in [7, 11) is 0. The molecule has 0 radical (unpaired) electrons. The van der Waals surface area contributed by atoms with Crippen molar-refractivity contribution in [1.29, 1.82) is 0 Å². The lowest BCUT2D eigenvalue weighted by atomic mass is 9.96. The molecule has 0 spiro atoms. The maximum Gasteiger partial charge on any atom is 0.244 e. The molecule has 0 aliphatic carbocycles. The number of nitrogens with zero attached hydrogens (tertiary/aromatic N) is 2. The number of rotatable bonds is 5. The smallest absolute Gasteiger partial charge is 0.244 e. The average Bonchev–Trinajstić information content (AvgIpc) is 2.38. The maximum absolute atomic E-state index is 11.9. The number of aliphatic imine (C=N–C) groups is 1. The molecule has 1 unspecified atom stereocenters. The van der Waals surface area contributed by atoms with Gasteiger partial charge in [-0.3, -0.25) is 9.79 Å². The van der Waals surface area contributed by atoms with Crippen molar-refractivity contribution in [2.75, 3.05) is 25.4 Å². The predicted octanol–water partition coefficient (Wildman–Crippen LogP) is 2.11. The molecule has 1 heterocycles. The van der Waals surface area contributed by atoms with Crippen molar-refractivity contribution in [2.24, 2.45) is 4.99 Å². The van der Waals surface area contributed by atoms with E-state index in [4.69, 9.17) is 0 Å². The quantitative estimate of drug-likeness (QED) is 0.833. The molecule has 1 saturated heterocycles. The van der Waals surface area contributed by atoms with Crippen LogP contribution in [0.15, 0.2) is 4.99 Å². The van der Waals surface area contributed by atoms with Crippen molar-refractivity contribution in [3.05, 3.63) is 0 Å². The summed E-state index contributed by atoms with van der Waals surface area (Å²) in [5, 5.41) is 4.37. The van der Waals surface area contributed by atoms with Crippen molar-refractivity contribution < 1.29 is 4.79 Å². The topological polar surface area (TPSA) is 44.7 Å². The Balaban J connectivity index is 2.54. The van der Waals surface area contributed by atoms with Gasteiger partial charge < -0.3 is 10.2 Å². The fraction of sp³-hybridized carbons (Fsp3) is 0.846. The summed E-state index contributed by atoms with van der Waals surface area (Å²) in [5.74, 6) is 1.19. The number of amidine groups is 1. The minimum absolute atomic E-state index is 0.110. The van der Waals surface area contributed by atoms with Gasteiger partial charge in [-0.2, -0.15) is 0 Å². The van der Waals surface area contributed by atoms with Crippen LogP contribution in [0.2, 0.25) is 0 Å². The van der Waals surface area contributed by atoms with Gasteiger partial charge in [0.2, 0.25) is 5.91 Å². The highest BCUT2D eigenvalue weighted by atomic mass is 32.2. The van der Waals surface area contributed by atoms with Crippen molar-refractivity contribution in [3.63, 3.8) is 0 Å². The first kappa shape index (κ1) is 15.3. The number of carbonyl (C=O) groups is 1. The van der Waals surface area contributed by atoms with Crippen LogP contribution in [0.4, 0.5) is 0 Å². The van der Waals surface area contributed by atoms with Gasteiger partial charge in [-0.25, -0.2) is 0 Å². The predicted molar refractivity (Wildman–Crippen MR) is 79.1 cm³/mol. The summed E-state index contributed by atoms with van der Waals surface area (Å²) >= 11 is 1.72. The number of hydrogen-bond acceptors (Lipinski definition) is 3. The van der Waals surface area contributed by atoms with Crippen LogP contribution in [0.1, 0.15) is 40.5 Å². The Bertz CT molecular complexity index is 315. The highest BCUT2D eigenvalue weighted by Crippen LogP contribution is 2.24. The Kier molecular flexibility index (Phi) is 5.99. The molecule has 1 aliphatic rings. The van der Waals surface area contributed by atoms with Crippen LogP contribution in [0.25, 0.3) is 0 Å². The van der Waals surface area contributed by atoms with E-state index in [2.05, 4.69) is 24.2 Å². The van der Waals surface area contributed by atoms with E-state index >= 15 is 0 Å². The van der Waals surface area contributed by atoms with Gasteiger partial charge in [0, 0.05) is 24.4 Å². The minimum atomic E-state index is 0.110. The molecular weight excluding hydrogens is 246 g/mol. The number of amides is 1. The van der Waals surface area contributed by atoms with Crippen LogP contribution in [-0.2, 0) is 4.79 Å². The molecule has 1 N–H and O–H groups in total. The lowest BCUT2D eigenvalue weighted by Crippen LogP contribution is -2.48. The van der Waals surface area contributed by atoms with Crippen molar-refractivity contribution in [2.45, 2.75) is 46.1 Å². The third-order valence-corrected chi connectivity index (χ3v) is 4.47. The summed E-state index contributed by atoms with van der Waals surface area (Å²) in [6, 6.07) is 0. The second kappa shape index (κ2) is 7.02. The van der Waals surface area contributed by atoms with Gasteiger partial charge in [-0.15, -0.1) is 0 Å². The Morgan fingerprint density at radius 2 is 2.11 bits per heavy atom. The lowest BCUT2D eigenvalue weighted by molar-refractivity contribution is -0.129. The van der Waals surface area contributed by atoms with Crippen LogP contribution in [0.5, 0.6) is 0 Å². The first-order chi connectivity index (χ1) is 8.54. The first-order valence-electron chi connectivity index (χ1n) is 6.77. The SMILES string of the molecule is CCN(CC)C(=O)CN=C1NC(C)(CC)CCS1. The summed E-state index contributed by atoms with van der Waals surface area (Å²) < 4.78 is 0. The molecule has 1 aliphatic heterocycles. The Labute approximate surface area is 115 Å². The van der Waals surface area contributed by atoms with E-state index in [0.717, 1.165) is 36.9 Å². The third kappa shape index (κ3) is 4.19. The van der Waals surface area contributed by atoms with Crippen molar-refractivity contribution in [3.8, 4) is 0 Å². The zero-order chi connectivity index (χ0) is 13.6. The second-order valence-electron chi connectivity index (χ2n) is 4.83. The first-order valence-corrected chi connectivity index (χ1v) is 7.76. The van der Waals surface area contributed by atoms with Gasteiger partial charge in [-0.05, 0) is 33.6 Å². The van der Waals surface area contributed by atoms with Crippen molar-refractivity contribution in [1.82, 2.24) is 10.2 Å². The number of thioether (sulfide) groups is 1. The zero-order valence-electron chi connectivity index (χ0n) is 12.0. The molecule has 5 heteroatoms. The third-order valence-electron chi connectivity index (χ3n) is 3.56. The average molecular weight is 271 g/mol. The number of likely N-dealkylation sites (N-methyl/N-ethyl adjacent to an activating group) is 1. The molecule has 1 amide bonds. The maximum atomic E-state index is 11.9. The Morgan fingerprint density at radius 1 is 1.44 bits per heavy atom. The van der Waals surface area contributed by atoms with Gasteiger partial charge in [-0.1, -0.05) is 18.7 Å².